The fourth-order valence-electron chi connectivity index (χ4n) is 4.60. The number of nitriles is 1. The van der Waals surface area contributed by atoms with Crippen molar-refractivity contribution in [3.05, 3.63) is 33.2 Å². The maximum atomic E-state index is 13.4. The lowest BCUT2D eigenvalue weighted by Crippen LogP contribution is -2.47. The lowest BCUT2D eigenvalue weighted by Gasteiger charge is -2.36. The van der Waals surface area contributed by atoms with Gasteiger partial charge in [-0.25, -0.2) is 10.1 Å². The number of carbonyl (C=O) groups excluding carboxylic acids is 1. The summed E-state index contributed by atoms with van der Waals surface area (Å²) in [6.45, 7) is 1.83. The zero-order valence-corrected chi connectivity index (χ0v) is 20.8. The molecule has 2 fully saturated rings. The molecule has 37 heavy (non-hydrogen) atoms. The molecule has 0 aliphatic carbocycles. The van der Waals surface area contributed by atoms with Crippen LogP contribution in [0.4, 0.5) is 24.0 Å². The lowest BCUT2D eigenvalue weighted by molar-refractivity contribution is -0.139. The predicted molar refractivity (Wildman–Crippen MR) is 127 cm³/mol. The van der Waals surface area contributed by atoms with Crippen LogP contribution in [0.3, 0.4) is 0 Å². The predicted octanol–water partition coefficient (Wildman–Crippen LogP) is 1.83. The van der Waals surface area contributed by atoms with Crippen molar-refractivity contribution < 1.29 is 27.4 Å². The largest absolute Gasteiger partial charge is 0.423 e. The van der Waals surface area contributed by atoms with Crippen LogP contribution in [0.25, 0.3) is 0 Å². The van der Waals surface area contributed by atoms with E-state index in [1.165, 1.54) is 18.4 Å². The van der Waals surface area contributed by atoms with Crippen LogP contribution in [0.5, 0.6) is 0 Å². The first-order chi connectivity index (χ1) is 17.7. The Morgan fingerprint density at radius 1 is 1.24 bits per heavy atom. The number of hydrogen-bond acceptors (Lipinski definition) is 10. The Morgan fingerprint density at radius 2 is 2.00 bits per heavy atom. The molecule has 200 valence electrons. The molecule has 2 N–H and O–H groups in total. The van der Waals surface area contributed by atoms with Crippen LogP contribution < -0.4 is 15.8 Å². The SMILES string of the molecule is COCC(COC1CCN(C2CCN(c3ncc(C#N)s3)CC2)C1=O)Nc1cn[nH]c(=O)c1C(F)(F)F. The first-order valence-electron chi connectivity index (χ1n) is 11.6. The Labute approximate surface area is 214 Å². The van der Waals surface area contributed by atoms with Gasteiger partial charge < -0.3 is 24.6 Å². The monoisotopic (exact) mass is 541 g/mol. The van der Waals surface area contributed by atoms with Crippen LogP contribution in [-0.2, 0) is 20.4 Å². The molecule has 15 heteroatoms. The van der Waals surface area contributed by atoms with Crippen molar-refractivity contribution in [1.29, 1.82) is 5.26 Å². The number of nitrogens with zero attached hydrogens (tertiary/aromatic N) is 5. The highest BCUT2D eigenvalue weighted by Crippen LogP contribution is 2.32. The van der Waals surface area contributed by atoms with E-state index in [0.29, 0.717) is 30.9 Å². The van der Waals surface area contributed by atoms with E-state index < -0.39 is 35.1 Å². The van der Waals surface area contributed by atoms with Crippen LogP contribution in [0, 0.1) is 11.3 Å². The first kappa shape index (κ1) is 26.8. The number of piperidine rings is 1. The number of ether oxygens (including phenoxy) is 2. The molecule has 2 aliphatic heterocycles. The number of carbonyl (C=O) groups is 1. The molecule has 0 aromatic carbocycles. The highest BCUT2D eigenvalue weighted by atomic mass is 32.1. The molecule has 0 saturated carbocycles. The molecular formula is C22H26F3N7O4S. The summed E-state index contributed by atoms with van der Waals surface area (Å²) in [6, 6.07) is 1.38. The van der Waals surface area contributed by atoms with E-state index >= 15 is 0 Å². The van der Waals surface area contributed by atoms with Crippen molar-refractivity contribution in [3.63, 3.8) is 0 Å². The second-order valence-electron chi connectivity index (χ2n) is 8.76. The molecule has 0 bridgehead atoms. The van der Waals surface area contributed by atoms with Gasteiger partial charge >= 0.3 is 6.18 Å². The first-order valence-corrected chi connectivity index (χ1v) is 12.5. The van der Waals surface area contributed by atoms with Crippen molar-refractivity contribution in [2.75, 3.05) is 50.2 Å². The Kier molecular flexibility index (Phi) is 8.30. The van der Waals surface area contributed by atoms with E-state index in [2.05, 4.69) is 26.4 Å². The van der Waals surface area contributed by atoms with Gasteiger partial charge in [0, 0.05) is 39.2 Å². The van der Waals surface area contributed by atoms with Crippen molar-refractivity contribution >= 4 is 28.1 Å². The third kappa shape index (κ3) is 6.20. The molecule has 2 unspecified atom stereocenters. The van der Waals surface area contributed by atoms with Crippen LogP contribution in [-0.4, -0.2) is 84.1 Å². The van der Waals surface area contributed by atoms with Gasteiger partial charge in [0.1, 0.15) is 22.6 Å². The van der Waals surface area contributed by atoms with Crippen molar-refractivity contribution in [2.45, 2.75) is 43.6 Å². The van der Waals surface area contributed by atoms with Crippen molar-refractivity contribution in [3.8, 4) is 6.07 Å². The van der Waals surface area contributed by atoms with E-state index in [-0.39, 0.29) is 25.2 Å². The molecule has 4 rings (SSSR count). The Balaban J connectivity index is 1.32. The van der Waals surface area contributed by atoms with Crippen LogP contribution in [0.1, 0.15) is 29.7 Å². The smallest absolute Gasteiger partial charge is 0.382 e. The van der Waals surface area contributed by atoms with Crippen LogP contribution >= 0.6 is 11.3 Å². The van der Waals surface area contributed by atoms with Crippen molar-refractivity contribution in [1.82, 2.24) is 20.1 Å². The molecule has 2 saturated heterocycles. The van der Waals surface area contributed by atoms with E-state index in [4.69, 9.17) is 14.7 Å². The van der Waals surface area contributed by atoms with Gasteiger partial charge in [-0.15, -0.1) is 0 Å². The highest BCUT2D eigenvalue weighted by molar-refractivity contribution is 7.16. The van der Waals surface area contributed by atoms with E-state index in [1.54, 1.807) is 11.3 Å². The number of nitrogens with one attached hydrogen (secondary N) is 2. The summed E-state index contributed by atoms with van der Waals surface area (Å²) in [5.74, 6) is -0.149. The fourth-order valence-corrected chi connectivity index (χ4v) is 5.36. The third-order valence-electron chi connectivity index (χ3n) is 6.34. The minimum atomic E-state index is -4.88. The van der Waals surface area contributed by atoms with Gasteiger partial charge in [-0.05, 0) is 12.8 Å². The second kappa shape index (κ2) is 11.4. The van der Waals surface area contributed by atoms with E-state index in [1.807, 2.05) is 4.90 Å². The topological polar surface area (TPSA) is 136 Å². The molecule has 2 aromatic rings. The molecule has 2 atom stereocenters. The highest BCUT2D eigenvalue weighted by Gasteiger charge is 2.40. The number of amides is 1. The number of aromatic nitrogens is 3. The second-order valence-corrected chi connectivity index (χ2v) is 9.77. The van der Waals surface area contributed by atoms with Gasteiger partial charge in [0.05, 0.1) is 37.3 Å². The molecule has 4 heterocycles. The number of rotatable bonds is 9. The van der Waals surface area contributed by atoms with E-state index in [9.17, 15) is 22.8 Å². The number of halogens is 3. The Bertz CT molecular complexity index is 1190. The molecule has 0 spiro atoms. The minimum absolute atomic E-state index is 0.0164. The van der Waals surface area contributed by atoms with Gasteiger partial charge in [-0.3, -0.25) is 9.59 Å². The number of H-pyrrole nitrogens is 1. The molecular weight excluding hydrogens is 515 g/mol. The maximum absolute atomic E-state index is 13.4. The molecule has 1 amide bonds. The molecule has 0 radical (unpaired) electrons. The third-order valence-corrected chi connectivity index (χ3v) is 7.30. The number of methoxy groups -OCH3 is 1. The Hall–Kier alpha value is -3.22. The summed E-state index contributed by atoms with van der Waals surface area (Å²) in [4.78, 5) is 33.5. The van der Waals surface area contributed by atoms with Crippen LogP contribution in [0.2, 0.25) is 0 Å². The zero-order chi connectivity index (χ0) is 26.6. The molecule has 2 aliphatic rings. The standard InChI is InChI=1S/C22H26F3N7O4S/c1-35-11-13(29-16-10-28-30-19(33)18(16)22(23,24)25)12-36-17-4-7-32(20(17)34)14-2-5-31(6-3-14)21-27-9-15(8-26)37-21/h9-10,13-14,17H,2-7,11-12H2,1H3,(H2,29,30,33). The number of anilines is 2. The van der Waals surface area contributed by atoms with Gasteiger partial charge in [0.2, 0.25) is 0 Å². The summed E-state index contributed by atoms with van der Waals surface area (Å²) >= 11 is 1.34. The number of aromatic amines is 1. The maximum Gasteiger partial charge on any atom is 0.423 e. The van der Waals surface area contributed by atoms with Gasteiger partial charge in [0.25, 0.3) is 11.5 Å². The Morgan fingerprint density at radius 3 is 2.65 bits per heavy atom. The number of hydrogen-bond donors (Lipinski definition) is 2. The number of thiazole rings is 1. The average molecular weight is 542 g/mol. The van der Waals surface area contributed by atoms with Gasteiger partial charge in [-0.2, -0.15) is 23.5 Å². The summed E-state index contributed by atoms with van der Waals surface area (Å²) < 4.78 is 51.0. The average Bonchev–Trinajstić information content (AvgIpc) is 3.49. The lowest BCUT2D eigenvalue weighted by atomic mass is 10.0. The number of likely N-dealkylation sites (tertiary alicyclic amines) is 1. The van der Waals surface area contributed by atoms with Crippen molar-refractivity contribution in [2.24, 2.45) is 0 Å². The summed E-state index contributed by atoms with van der Waals surface area (Å²) in [6.07, 6.45) is -1.18. The molecule has 2 aromatic heterocycles. The summed E-state index contributed by atoms with van der Waals surface area (Å²) in [5, 5.41) is 17.7. The fraction of sp³-hybridized carbons (Fsp3) is 0.591. The zero-order valence-electron chi connectivity index (χ0n) is 20.0. The summed E-state index contributed by atoms with van der Waals surface area (Å²) in [7, 11) is 1.39. The minimum Gasteiger partial charge on any atom is -0.382 e. The van der Waals surface area contributed by atoms with Gasteiger partial charge in [-0.1, -0.05) is 11.3 Å². The molecule has 11 nitrogen and oxygen atoms in total. The normalized spacial score (nSPS) is 19.8. The van der Waals surface area contributed by atoms with Crippen LogP contribution in [0.15, 0.2) is 17.2 Å². The van der Waals surface area contributed by atoms with Gasteiger partial charge in [0.15, 0.2) is 5.13 Å². The summed E-state index contributed by atoms with van der Waals surface area (Å²) in [5.41, 5.74) is -3.24. The van der Waals surface area contributed by atoms with E-state index in [0.717, 1.165) is 24.2 Å². The quantitative estimate of drug-likeness (QED) is 0.487. The number of alkyl halides is 3.